The number of rotatable bonds is 5. The number of thiophene rings is 1. The summed E-state index contributed by atoms with van der Waals surface area (Å²) in [5.74, 6) is 0.200. The van der Waals surface area contributed by atoms with Gasteiger partial charge in [-0.1, -0.05) is 0 Å². The molecule has 0 saturated carbocycles. The van der Waals surface area contributed by atoms with Gasteiger partial charge in [-0.15, -0.1) is 0 Å². The van der Waals surface area contributed by atoms with Gasteiger partial charge in [0.1, 0.15) is 5.69 Å². The van der Waals surface area contributed by atoms with E-state index in [4.69, 9.17) is 5.73 Å². The summed E-state index contributed by atoms with van der Waals surface area (Å²) in [5, 5.41) is 18.0. The van der Waals surface area contributed by atoms with Crippen LogP contribution < -0.4 is 11.1 Å². The minimum absolute atomic E-state index is 0.0288. The van der Waals surface area contributed by atoms with Crippen LogP contribution in [0.3, 0.4) is 0 Å². The van der Waals surface area contributed by atoms with E-state index in [0.717, 1.165) is 6.42 Å². The molecule has 0 unspecified atom stereocenters. The van der Waals surface area contributed by atoms with Gasteiger partial charge >= 0.3 is 5.69 Å². The van der Waals surface area contributed by atoms with Gasteiger partial charge in [0.25, 0.3) is 0 Å². The molecule has 0 radical (unpaired) electrons. The predicted octanol–water partition coefficient (Wildman–Crippen LogP) is 1.99. The smallest absolute Gasteiger partial charge is 0.332 e. The van der Waals surface area contributed by atoms with Crippen molar-refractivity contribution in [2.45, 2.75) is 13.3 Å². The molecule has 2 heterocycles. The van der Waals surface area contributed by atoms with Gasteiger partial charge in [0, 0.05) is 6.54 Å². The van der Waals surface area contributed by atoms with E-state index in [0.29, 0.717) is 6.54 Å². The number of hydrogen-bond donors (Lipinski definition) is 2. The standard InChI is InChI=1S/C11H13N5O2S/c1-7-9(16(17)18)10(15-11(12)14-7)13-4-2-8-3-5-19-6-8/h3,5-6H,2,4H2,1H3,(H3,12,13,14,15). The van der Waals surface area contributed by atoms with E-state index in [2.05, 4.69) is 15.3 Å². The lowest BCUT2D eigenvalue weighted by Crippen LogP contribution is -2.11. The van der Waals surface area contributed by atoms with Gasteiger partial charge in [-0.05, 0) is 35.7 Å². The normalized spacial score (nSPS) is 10.4. The number of nitrogens with one attached hydrogen (secondary N) is 1. The van der Waals surface area contributed by atoms with Crippen LogP contribution in [0.15, 0.2) is 16.8 Å². The quantitative estimate of drug-likeness (QED) is 0.640. The minimum Gasteiger partial charge on any atom is -0.368 e. The van der Waals surface area contributed by atoms with E-state index in [1.54, 1.807) is 18.3 Å². The van der Waals surface area contributed by atoms with Gasteiger partial charge in [0.05, 0.1) is 4.92 Å². The van der Waals surface area contributed by atoms with Gasteiger partial charge in [-0.3, -0.25) is 10.1 Å². The highest BCUT2D eigenvalue weighted by Gasteiger charge is 2.20. The molecule has 2 rings (SSSR count). The molecule has 0 atom stereocenters. The third-order valence-electron chi connectivity index (χ3n) is 2.54. The number of anilines is 2. The fourth-order valence-electron chi connectivity index (χ4n) is 1.69. The van der Waals surface area contributed by atoms with Crippen LogP contribution in [0.2, 0.25) is 0 Å². The van der Waals surface area contributed by atoms with Crippen LogP contribution in [0.5, 0.6) is 0 Å². The largest absolute Gasteiger partial charge is 0.368 e. The molecule has 100 valence electrons. The summed E-state index contributed by atoms with van der Waals surface area (Å²) in [5.41, 5.74) is 6.83. The number of nitro groups is 1. The summed E-state index contributed by atoms with van der Waals surface area (Å²) in [6, 6.07) is 2.01. The zero-order valence-electron chi connectivity index (χ0n) is 10.3. The van der Waals surface area contributed by atoms with Crippen molar-refractivity contribution in [1.29, 1.82) is 0 Å². The molecule has 19 heavy (non-hydrogen) atoms. The fourth-order valence-corrected chi connectivity index (χ4v) is 2.39. The zero-order valence-corrected chi connectivity index (χ0v) is 11.1. The average molecular weight is 279 g/mol. The summed E-state index contributed by atoms with van der Waals surface area (Å²) < 4.78 is 0. The molecule has 7 nitrogen and oxygen atoms in total. The molecule has 3 N–H and O–H groups in total. The molecular formula is C11H13N5O2S. The minimum atomic E-state index is -0.498. The average Bonchev–Trinajstić information content (AvgIpc) is 2.80. The third kappa shape index (κ3) is 3.16. The molecule has 0 amide bonds. The Morgan fingerprint density at radius 3 is 2.95 bits per heavy atom. The molecule has 2 aromatic rings. The first-order chi connectivity index (χ1) is 9.08. The van der Waals surface area contributed by atoms with Crippen molar-refractivity contribution < 1.29 is 4.92 Å². The maximum Gasteiger partial charge on any atom is 0.332 e. The first kappa shape index (κ1) is 13.2. The molecular weight excluding hydrogens is 266 g/mol. The van der Waals surface area contributed by atoms with E-state index in [1.807, 2.05) is 16.8 Å². The predicted molar refractivity (Wildman–Crippen MR) is 74.3 cm³/mol. The van der Waals surface area contributed by atoms with Crippen LogP contribution in [-0.2, 0) is 6.42 Å². The van der Waals surface area contributed by atoms with Crippen LogP contribution in [0.25, 0.3) is 0 Å². The topological polar surface area (TPSA) is 107 Å². The van der Waals surface area contributed by atoms with Crippen molar-refractivity contribution >= 4 is 28.8 Å². The molecule has 0 aliphatic heterocycles. The summed E-state index contributed by atoms with van der Waals surface area (Å²) >= 11 is 1.62. The monoisotopic (exact) mass is 279 g/mol. The molecule has 8 heteroatoms. The van der Waals surface area contributed by atoms with Crippen LogP contribution in [0.1, 0.15) is 11.3 Å². The van der Waals surface area contributed by atoms with Crippen molar-refractivity contribution in [2.24, 2.45) is 0 Å². The summed E-state index contributed by atoms with van der Waals surface area (Å²) in [6.45, 7) is 2.09. The molecule has 0 aliphatic carbocycles. The molecule has 0 aliphatic rings. The Balaban J connectivity index is 2.12. The molecule has 0 fully saturated rings. The second-order valence-electron chi connectivity index (χ2n) is 3.93. The van der Waals surface area contributed by atoms with Gasteiger partial charge in [0.15, 0.2) is 0 Å². The number of nitrogen functional groups attached to an aromatic ring is 1. The van der Waals surface area contributed by atoms with E-state index in [9.17, 15) is 10.1 Å². The maximum atomic E-state index is 11.0. The molecule has 0 saturated heterocycles. The first-order valence-electron chi connectivity index (χ1n) is 5.61. The summed E-state index contributed by atoms with van der Waals surface area (Å²) in [4.78, 5) is 18.2. The number of nitrogens with zero attached hydrogens (tertiary/aromatic N) is 3. The Kier molecular flexibility index (Phi) is 3.91. The molecule has 0 aromatic carbocycles. The second kappa shape index (κ2) is 5.61. The van der Waals surface area contributed by atoms with Crippen molar-refractivity contribution in [1.82, 2.24) is 9.97 Å². The fraction of sp³-hybridized carbons (Fsp3) is 0.273. The Morgan fingerprint density at radius 1 is 1.53 bits per heavy atom. The van der Waals surface area contributed by atoms with E-state index >= 15 is 0 Å². The summed E-state index contributed by atoms with van der Waals surface area (Å²) in [6.07, 6.45) is 0.767. The van der Waals surface area contributed by atoms with Crippen molar-refractivity contribution in [3.63, 3.8) is 0 Å². The van der Waals surface area contributed by atoms with Crippen molar-refractivity contribution in [2.75, 3.05) is 17.6 Å². The second-order valence-corrected chi connectivity index (χ2v) is 4.71. The van der Waals surface area contributed by atoms with Crippen LogP contribution in [0.4, 0.5) is 17.5 Å². The highest BCUT2D eigenvalue weighted by atomic mass is 32.1. The molecule has 0 spiro atoms. The summed E-state index contributed by atoms with van der Waals surface area (Å²) in [7, 11) is 0. The van der Waals surface area contributed by atoms with Crippen LogP contribution >= 0.6 is 11.3 Å². The maximum absolute atomic E-state index is 11.0. The third-order valence-corrected chi connectivity index (χ3v) is 3.28. The molecule has 0 bridgehead atoms. The highest BCUT2D eigenvalue weighted by molar-refractivity contribution is 7.07. The Bertz CT molecular complexity index is 585. The Hall–Kier alpha value is -2.22. The number of aromatic nitrogens is 2. The molecule has 2 aromatic heterocycles. The Labute approximate surface area is 113 Å². The SMILES string of the molecule is Cc1nc(N)nc(NCCc2ccsc2)c1[N+](=O)[O-]. The first-order valence-corrected chi connectivity index (χ1v) is 6.55. The lowest BCUT2D eigenvalue weighted by atomic mass is 10.2. The van der Waals surface area contributed by atoms with Crippen LogP contribution in [-0.4, -0.2) is 21.4 Å². The van der Waals surface area contributed by atoms with Gasteiger partial charge in [-0.25, -0.2) is 4.98 Å². The number of aryl methyl sites for hydroxylation is 1. The highest BCUT2D eigenvalue weighted by Crippen LogP contribution is 2.25. The lowest BCUT2D eigenvalue weighted by Gasteiger charge is -2.07. The lowest BCUT2D eigenvalue weighted by molar-refractivity contribution is -0.385. The zero-order chi connectivity index (χ0) is 13.8. The van der Waals surface area contributed by atoms with E-state index in [1.165, 1.54) is 5.56 Å². The number of hydrogen-bond acceptors (Lipinski definition) is 7. The number of nitrogens with two attached hydrogens (primary N) is 1. The van der Waals surface area contributed by atoms with Crippen molar-refractivity contribution in [3.8, 4) is 0 Å². The van der Waals surface area contributed by atoms with Gasteiger partial charge in [-0.2, -0.15) is 16.3 Å². The van der Waals surface area contributed by atoms with Gasteiger partial charge < -0.3 is 11.1 Å². The van der Waals surface area contributed by atoms with Gasteiger partial charge in [0.2, 0.25) is 11.8 Å². The van der Waals surface area contributed by atoms with E-state index < -0.39 is 4.92 Å². The Morgan fingerprint density at radius 2 is 2.32 bits per heavy atom. The van der Waals surface area contributed by atoms with E-state index in [-0.39, 0.29) is 23.1 Å². The van der Waals surface area contributed by atoms with Crippen molar-refractivity contribution in [3.05, 3.63) is 38.2 Å². The van der Waals surface area contributed by atoms with Crippen LogP contribution in [0, 0.1) is 17.0 Å².